The van der Waals surface area contributed by atoms with Gasteiger partial charge in [0.25, 0.3) is 5.91 Å². The molecule has 104 valence electrons. The molecule has 4 nitrogen and oxygen atoms in total. The number of aliphatic carboxylic acids is 1. The molecule has 6 heteroatoms. The van der Waals surface area contributed by atoms with Gasteiger partial charge in [-0.1, -0.05) is 18.2 Å². The van der Waals surface area contributed by atoms with Crippen LogP contribution in [0.25, 0.3) is 10.1 Å². The molecule has 2 unspecified atom stereocenters. The van der Waals surface area contributed by atoms with E-state index in [0.29, 0.717) is 11.3 Å². The van der Waals surface area contributed by atoms with Crippen molar-refractivity contribution in [3.8, 4) is 0 Å². The van der Waals surface area contributed by atoms with E-state index < -0.39 is 12.0 Å². The van der Waals surface area contributed by atoms with Crippen molar-refractivity contribution >= 4 is 45.1 Å². The zero-order valence-electron chi connectivity index (χ0n) is 10.8. The summed E-state index contributed by atoms with van der Waals surface area (Å²) < 4.78 is 1.04. The topological polar surface area (TPSA) is 57.6 Å². The van der Waals surface area contributed by atoms with E-state index >= 15 is 0 Å². The number of carboxylic acids is 1. The number of nitrogens with zero attached hydrogens (tertiary/aromatic N) is 1. The number of thioether (sulfide) groups is 1. The molecule has 2 aromatic rings. The summed E-state index contributed by atoms with van der Waals surface area (Å²) in [5.74, 6) is -0.674. The maximum Gasteiger partial charge on any atom is 0.327 e. The summed E-state index contributed by atoms with van der Waals surface area (Å²) in [7, 11) is 0. The van der Waals surface area contributed by atoms with Crippen molar-refractivity contribution in [1.82, 2.24) is 4.90 Å². The first-order chi connectivity index (χ1) is 9.59. The monoisotopic (exact) mass is 307 g/mol. The van der Waals surface area contributed by atoms with Crippen molar-refractivity contribution in [2.75, 3.05) is 5.75 Å². The van der Waals surface area contributed by atoms with Crippen molar-refractivity contribution < 1.29 is 14.7 Å². The van der Waals surface area contributed by atoms with E-state index in [-0.39, 0.29) is 11.3 Å². The lowest BCUT2D eigenvalue weighted by Gasteiger charge is -2.24. The molecule has 0 bridgehead atoms. The van der Waals surface area contributed by atoms with Gasteiger partial charge < -0.3 is 10.0 Å². The average Bonchev–Trinajstić information content (AvgIpc) is 3.01. The number of fused-ring (bicyclic) bond motifs is 1. The van der Waals surface area contributed by atoms with Gasteiger partial charge in [-0.05, 0) is 13.0 Å². The average molecular weight is 307 g/mol. The Morgan fingerprint density at radius 2 is 2.10 bits per heavy atom. The highest BCUT2D eigenvalue weighted by molar-refractivity contribution is 8.00. The summed E-state index contributed by atoms with van der Waals surface area (Å²) in [6, 6.07) is 6.96. The second kappa shape index (κ2) is 5.10. The van der Waals surface area contributed by atoms with Crippen LogP contribution < -0.4 is 0 Å². The molecule has 1 amide bonds. The number of hydrogen-bond donors (Lipinski definition) is 1. The highest BCUT2D eigenvalue weighted by atomic mass is 32.2. The Labute approximate surface area is 124 Å². The standard InChI is InChI=1S/C14H13NO3S2/c1-8-15(11(7-19-8)14(17)18)13(16)10-6-20-12-5-3-2-4-9(10)12/h2-6,8,11H,7H2,1H3,(H,17,18). The lowest BCUT2D eigenvalue weighted by Crippen LogP contribution is -2.44. The number of thiophene rings is 1. The highest BCUT2D eigenvalue weighted by Crippen LogP contribution is 2.33. The molecule has 1 aromatic carbocycles. The van der Waals surface area contributed by atoms with Gasteiger partial charge in [0.05, 0.1) is 10.9 Å². The van der Waals surface area contributed by atoms with E-state index in [9.17, 15) is 14.7 Å². The molecular weight excluding hydrogens is 294 g/mol. The number of carboxylic acid groups (broad SMARTS) is 1. The van der Waals surface area contributed by atoms with Crippen molar-refractivity contribution in [1.29, 1.82) is 0 Å². The Morgan fingerprint density at radius 1 is 1.35 bits per heavy atom. The lowest BCUT2D eigenvalue weighted by molar-refractivity contribution is -0.141. The summed E-state index contributed by atoms with van der Waals surface area (Å²) in [5.41, 5.74) is 0.603. The SMILES string of the molecule is CC1SCC(C(=O)O)N1C(=O)c1csc2ccccc12. The number of carbonyl (C=O) groups is 2. The summed E-state index contributed by atoms with van der Waals surface area (Å²) in [4.78, 5) is 25.5. The summed E-state index contributed by atoms with van der Waals surface area (Å²) in [5, 5.41) is 11.9. The predicted octanol–water partition coefficient (Wildman–Crippen LogP) is 2.89. The maximum absolute atomic E-state index is 12.7. The molecule has 1 saturated heterocycles. The maximum atomic E-state index is 12.7. The summed E-state index contributed by atoms with van der Waals surface area (Å²) in [6.45, 7) is 1.88. The fraction of sp³-hybridized carbons (Fsp3) is 0.286. The number of hydrogen-bond acceptors (Lipinski definition) is 4. The van der Waals surface area contributed by atoms with Gasteiger partial charge in [0, 0.05) is 21.2 Å². The van der Waals surface area contributed by atoms with Gasteiger partial charge in [0.2, 0.25) is 0 Å². The van der Waals surface area contributed by atoms with Gasteiger partial charge in [0.1, 0.15) is 6.04 Å². The zero-order valence-corrected chi connectivity index (χ0v) is 12.4. The minimum Gasteiger partial charge on any atom is -0.480 e. The molecule has 2 heterocycles. The number of carbonyl (C=O) groups excluding carboxylic acids is 1. The Balaban J connectivity index is 2.01. The van der Waals surface area contributed by atoms with Crippen LogP contribution >= 0.6 is 23.1 Å². The molecule has 2 atom stereocenters. The molecule has 1 fully saturated rings. The number of benzene rings is 1. The van der Waals surface area contributed by atoms with Crippen LogP contribution in [0.1, 0.15) is 17.3 Å². The molecule has 0 aliphatic carbocycles. The second-order valence-corrected chi connectivity index (χ2v) is 6.90. The first-order valence-corrected chi connectivity index (χ1v) is 8.15. The van der Waals surface area contributed by atoms with Crippen LogP contribution in [-0.4, -0.2) is 39.1 Å². The quantitative estimate of drug-likeness (QED) is 0.927. The van der Waals surface area contributed by atoms with E-state index in [1.807, 2.05) is 36.6 Å². The molecule has 1 aliphatic rings. The fourth-order valence-electron chi connectivity index (χ4n) is 2.42. The third kappa shape index (κ3) is 2.09. The van der Waals surface area contributed by atoms with Crippen LogP contribution in [0.5, 0.6) is 0 Å². The van der Waals surface area contributed by atoms with Crippen LogP contribution in [0.2, 0.25) is 0 Å². The Morgan fingerprint density at radius 3 is 2.85 bits per heavy atom. The first-order valence-electron chi connectivity index (χ1n) is 6.23. The van der Waals surface area contributed by atoms with Crippen molar-refractivity contribution in [3.63, 3.8) is 0 Å². The van der Waals surface area contributed by atoms with Crippen LogP contribution in [0, 0.1) is 0 Å². The number of amides is 1. The largest absolute Gasteiger partial charge is 0.480 e. The molecular formula is C14H13NO3S2. The van der Waals surface area contributed by atoms with E-state index in [1.54, 1.807) is 0 Å². The minimum absolute atomic E-state index is 0.109. The molecule has 0 saturated carbocycles. The van der Waals surface area contributed by atoms with E-state index in [2.05, 4.69) is 0 Å². The molecule has 0 radical (unpaired) electrons. The Bertz CT molecular complexity index is 682. The smallest absolute Gasteiger partial charge is 0.327 e. The van der Waals surface area contributed by atoms with Crippen molar-refractivity contribution in [3.05, 3.63) is 35.2 Å². The van der Waals surface area contributed by atoms with Gasteiger partial charge in [-0.15, -0.1) is 23.1 Å². The summed E-state index contributed by atoms with van der Waals surface area (Å²) in [6.07, 6.45) is 0. The third-order valence-corrected chi connectivity index (χ3v) is 5.63. The van der Waals surface area contributed by atoms with Crippen LogP contribution in [0.3, 0.4) is 0 Å². The van der Waals surface area contributed by atoms with Gasteiger partial charge in [0.15, 0.2) is 0 Å². The van der Waals surface area contributed by atoms with Gasteiger partial charge in [-0.2, -0.15) is 0 Å². The van der Waals surface area contributed by atoms with Crippen LogP contribution in [0.15, 0.2) is 29.6 Å². The second-order valence-electron chi connectivity index (χ2n) is 4.64. The van der Waals surface area contributed by atoms with E-state index in [1.165, 1.54) is 28.0 Å². The summed E-state index contributed by atoms with van der Waals surface area (Å²) >= 11 is 3.01. The van der Waals surface area contributed by atoms with Gasteiger partial charge in [-0.25, -0.2) is 4.79 Å². The van der Waals surface area contributed by atoms with Crippen molar-refractivity contribution in [2.45, 2.75) is 18.3 Å². The minimum atomic E-state index is -0.935. The van der Waals surface area contributed by atoms with Crippen molar-refractivity contribution in [2.24, 2.45) is 0 Å². The van der Waals surface area contributed by atoms with E-state index in [0.717, 1.165) is 10.1 Å². The lowest BCUT2D eigenvalue weighted by atomic mass is 10.1. The van der Waals surface area contributed by atoms with Gasteiger partial charge in [-0.3, -0.25) is 4.79 Å². The van der Waals surface area contributed by atoms with Crippen LogP contribution in [0.4, 0.5) is 0 Å². The number of rotatable bonds is 2. The van der Waals surface area contributed by atoms with Gasteiger partial charge >= 0.3 is 5.97 Å². The molecule has 20 heavy (non-hydrogen) atoms. The van der Waals surface area contributed by atoms with E-state index in [4.69, 9.17) is 0 Å². The van der Waals surface area contributed by atoms with Crippen LogP contribution in [-0.2, 0) is 4.79 Å². The highest BCUT2D eigenvalue weighted by Gasteiger charge is 2.40. The predicted molar refractivity (Wildman–Crippen MR) is 81.3 cm³/mol. The Kier molecular flexibility index (Phi) is 3.43. The third-order valence-electron chi connectivity index (χ3n) is 3.45. The zero-order chi connectivity index (χ0) is 14.3. The molecule has 3 rings (SSSR count). The molecule has 1 aromatic heterocycles. The molecule has 1 N–H and O–H groups in total. The Hall–Kier alpha value is -1.53. The normalized spacial score (nSPS) is 22.4. The molecule has 1 aliphatic heterocycles. The fourth-order valence-corrected chi connectivity index (χ4v) is 4.53. The molecule has 0 spiro atoms. The first kappa shape index (κ1) is 13.5.